The number of benzene rings is 2. The minimum Gasteiger partial charge on any atom is -0.378 e. The van der Waals surface area contributed by atoms with E-state index in [4.69, 9.17) is 17.3 Å². The van der Waals surface area contributed by atoms with E-state index in [-0.39, 0.29) is 23.3 Å². The molecule has 0 fully saturated rings. The molecule has 0 radical (unpaired) electrons. The van der Waals surface area contributed by atoms with Gasteiger partial charge in [0.1, 0.15) is 0 Å². The average molecular weight is 399 g/mol. The SMILES string of the molecule is Cc1ccc(Nc2nc(NCc3ccc(Cl)cc3)nc(N)c2[N+](=O)[O-])cc1C. The van der Waals surface area contributed by atoms with Crippen molar-refractivity contribution in [2.45, 2.75) is 20.4 Å². The van der Waals surface area contributed by atoms with Gasteiger partial charge >= 0.3 is 5.69 Å². The second-order valence-electron chi connectivity index (χ2n) is 6.29. The maximum absolute atomic E-state index is 11.4. The van der Waals surface area contributed by atoms with Crippen molar-refractivity contribution in [3.05, 3.63) is 74.3 Å². The van der Waals surface area contributed by atoms with Gasteiger partial charge in [-0.15, -0.1) is 0 Å². The van der Waals surface area contributed by atoms with Crippen LogP contribution in [0.5, 0.6) is 0 Å². The summed E-state index contributed by atoms with van der Waals surface area (Å²) in [6.45, 7) is 4.36. The topological polar surface area (TPSA) is 119 Å². The van der Waals surface area contributed by atoms with E-state index in [0.29, 0.717) is 17.3 Å². The van der Waals surface area contributed by atoms with Crippen molar-refractivity contribution in [2.24, 2.45) is 0 Å². The minimum absolute atomic E-state index is 0.0272. The van der Waals surface area contributed by atoms with Crippen LogP contribution >= 0.6 is 11.6 Å². The van der Waals surface area contributed by atoms with E-state index in [1.165, 1.54) is 0 Å². The zero-order valence-electron chi connectivity index (χ0n) is 15.4. The molecule has 0 aliphatic rings. The van der Waals surface area contributed by atoms with Crippen molar-refractivity contribution in [2.75, 3.05) is 16.4 Å². The number of hydrogen-bond donors (Lipinski definition) is 3. The average Bonchev–Trinajstić information content (AvgIpc) is 2.63. The van der Waals surface area contributed by atoms with Crippen LogP contribution < -0.4 is 16.4 Å². The van der Waals surface area contributed by atoms with Gasteiger partial charge in [0, 0.05) is 17.3 Å². The van der Waals surface area contributed by atoms with Gasteiger partial charge < -0.3 is 16.4 Å². The third-order valence-corrected chi connectivity index (χ3v) is 4.48. The highest BCUT2D eigenvalue weighted by Crippen LogP contribution is 2.32. The van der Waals surface area contributed by atoms with Crippen LogP contribution in [0.4, 0.5) is 29.0 Å². The van der Waals surface area contributed by atoms with E-state index >= 15 is 0 Å². The summed E-state index contributed by atoms with van der Waals surface area (Å²) in [5, 5.41) is 18.1. The molecule has 28 heavy (non-hydrogen) atoms. The zero-order chi connectivity index (χ0) is 20.3. The number of nitro groups is 1. The third kappa shape index (κ3) is 4.47. The summed E-state index contributed by atoms with van der Waals surface area (Å²) in [7, 11) is 0. The van der Waals surface area contributed by atoms with Crippen LogP contribution in [0, 0.1) is 24.0 Å². The van der Waals surface area contributed by atoms with Gasteiger partial charge in [0.05, 0.1) is 4.92 Å². The van der Waals surface area contributed by atoms with Crippen molar-refractivity contribution < 1.29 is 4.92 Å². The van der Waals surface area contributed by atoms with E-state index in [1.54, 1.807) is 12.1 Å². The maximum Gasteiger partial charge on any atom is 0.353 e. The third-order valence-electron chi connectivity index (χ3n) is 4.23. The van der Waals surface area contributed by atoms with E-state index in [9.17, 15) is 10.1 Å². The fourth-order valence-electron chi connectivity index (χ4n) is 2.56. The van der Waals surface area contributed by atoms with Crippen LogP contribution in [-0.2, 0) is 6.54 Å². The van der Waals surface area contributed by atoms with Crippen molar-refractivity contribution >= 4 is 40.6 Å². The molecule has 0 unspecified atom stereocenters. The number of hydrogen-bond acceptors (Lipinski definition) is 7. The minimum atomic E-state index is -0.596. The van der Waals surface area contributed by atoms with Crippen molar-refractivity contribution in [3.8, 4) is 0 Å². The number of nitrogens with two attached hydrogens (primary N) is 1. The fraction of sp³-hybridized carbons (Fsp3) is 0.158. The summed E-state index contributed by atoms with van der Waals surface area (Å²) in [6.07, 6.45) is 0. The van der Waals surface area contributed by atoms with Gasteiger partial charge in [0.25, 0.3) is 0 Å². The summed E-state index contributed by atoms with van der Waals surface area (Å²) in [5.74, 6) is -0.00585. The molecule has 0 atom stereocenters. The molecule has 1 heterocycles. The van der Waals surface area contributed by atoms with Gasteiger partial charge in [-0.2, -0.15) is 9.97 Å². The van der Waals surface area contributed by atoms with Gasteiger partial charge in [-0.05, 0) is 54.8 Å². The highest BCUT2D eigenvalue weighted by atomic mass is 35.5. The van der Waals surface area contributed by atoms with Crippen molar-refractivity contribution in [1.29, 1.82) is 0 Å². The van der Waals surface area contributed by atoms with Crippen molar-refractivity contribution in [3.63, 3.8) is 0 Å². The van der Waals surface area contributed by atoms with Crippen LogP contribution in [0.25, 0.3) is 0 Å². The standard InChI is InChI=1S/C19H19ClN6O2/c1-11-3-8-15(9-12(11)2)23-18-16(26(27)28)17(21)24-19(25-18)22-10-13-4-6-14(20)7-5-13/h3-9H,10H2,1-2H3,(H4,21,22,23,24,25). The molecule has 4 N–H and O–H groups in total. The number of nitrogen functional groups attached to an aromatic ring is 1. The van der Waals surface area contributed by atoms with Gasteiger partial charge in [-0.1, -0.05) is 29.8 Å². The first-order valence-electron chi connectivity index (χ1n) is 8.48. The first-order chi connectivity index (χ1) is 13.3. The molecule has 0 spiro atoms. The van der Waals surface area contributed by atoms with E-state index in [2.05, 4.69) is 20.6 Å². The summed E-state index contributed by atoms with van der Waals surface area (Å²) in [5.41, 5.74) is 9.26. The molecule has 0 saturated carbocycles. The Hall–Kier alpha value is -3.39. The van der Waals surface area contributed by atoms with Crippen molar-refractivity contribution in [1.82, 2.24) is 9.97 Å². The molecule has 0 aliphatic carbocycles. The lowest BCUT2D eigenvalue weighted by atomic mass is 10.1. The number of nitrogens with one attached hydrogen (secondary N) is 2. The number of aryl methyl sites for hydroxylation is 2. The molecule has 0 bridgehead atoms. The van der Waals surface area contributed by atoms with Crippen LogP contribution in [0.2, 0.25) is 5.02 Å². The summed E-state index contributed by atoms with van der Waals surface area (Å²) >= 11 is 5.88. The Labute approximate surface area is 166 Å². The lowest BCUT2D eigenvalue weighted by Gasteiger charge is -2.12. The summed E-state index contributed by atoms with van der Waals surface area (Å²) in [4.78, 5) is 19.1. The van der Waals surface area contributed by atoms with E-state index in [1.807, 2.05) is 44.2 Å². The Morgan fingerprint density at radius 3 is 2.46 bits per heavy atom. The number of aromatic nitrogens is 2. The monoisotopic (exact) mass is 398 g/mol. The smallest absolute Gasteiger partial charge is 0.353 e. The Kier molecular flexibility index (Phi) is 5.60. The molecule has 0 aliphatic heterocycles. The second-order valence-corrected chi connectivity index (χ2v) is 6.73. The first kappa shape index (κ1) is 19.4. The van der Waals surface area contributed by atoms with Crippen LogP contribution in [0.3, 0.4) is 0 Å². The van der Waals surface area contributed by atoms with Crippen LogP contribution in [0.15, 0.2) is 42.5 Å². The predicted molar refractivity (Wildman–Crippen MR) is 111 cm³/mol. The molecule has 3 aromatic rings. The Bertz CT molecular complexity index is 1020. The zero-order valence-corrected chi connectivity index (χ0v) is 16.1. The fourth-order valence-corrected chi connectivity index (χ4v) is 2.68. The number of nitrogens with zero attached hydrogens (tertiary/aromatic N) is 3. The molecule has 3 rings (SSSR count). The second kappa shape index (κ2) is 8.10. The first-order valence-corrected chi connectivity index (χ1v) is 8.86. The van der Waals surface area contributed by atoms with E-state index in [0.717, 1.165) is 16.7 Å². The molecule has 0 saturated heterocycles. The molecule has 2 aromatic carbocycles. The number of anilines is 4. The van der Waals surface area contributed by atoms with Gasteiger partial charge in [0.15, 0.2) is 0 Å². The Balaban J connectivity index is 1.89. The van der Waals surface area contributed by atoms with Gasteiger partial charge in [-0.3, -0.25) is 10.1 Å². The molecular weight excluding hydrogens is 380 g/mol. The number of halogens is 1. The molecule has 1 aromatic heterocycles. The maximum atomic E-state index is 11.4. The molecule has 0 amide bonds. The predicted octanol–water partition coefficient (Wildman–Crippen LogP) is 4.59. The Morgan fingerprint density at radius 1 is 1.11 bits per heavy atom. The van der Waals surface area contributed by atoms with Crippen LogP contribution in [0.1, 0.15) is 16.7 Å². The quantitative estimate of drug-likeness (QED) is 0.410. The lowest BCUT2D eigenvalue weighted by Crippen LogP contribution is -2.10. The molecule has 9 heteroatoms. The van der Waals surface area contributed by atoms with Crippen LogP contribution in [-0.4, -0.2) is 14.9 Å². The molecule has 8 nitrogen and oxygen atoms in total. The molecular formula is C19H19ClN6O2. The van der Waals surface area contributed by atoms with E-state index < -0.39 is 4.92 Å². The Morgan fingerprint density at radius 2 is 1.82 bits per heavy atom. The van der Waals surface area contributed by atoms with Gasteiger partial charge in [-0.25, -0.2) is 0 Å². The summed E-state index contributed by atoms with van der Waals surface area (Å²) in [6, 6.07) is 12.9. The highest BCUT2D eigenvalue weighted by Gasteiger charge is 2.23. The number of rotatable bonds is 6. The highest BCUT2D eigenvalue weighted by molar-refractivity contribution is 6.30. The summed E-state index contributed by atoms with van der Waals surface area (Å²) < 4.78 is 0. The van der Waals surface area contributed by atoms with Gasteiger partial charge in [0.2, 0.25) is 17.6 Å². The normalized spacial score (nSPS) is 10.5. The molecule has 144 valence electrons. The largest absolute Gasteiger partial charge is 0.378 e. The lowest BCUT2D eigenvalue weighted by molar-refractivity contribution is -0.383.